The van der Waals surface area contributed by atoms with E-state index in [9.17, 15) is 22.8 Å². The van der Waals surface area contributed by atoms with E-state index in [1.165, 1.54) is 23.1 Å². The molecular weight excluding hydrogens is 371 g/mol. The van der Waals surface area contributed by atoms with Crippen LogP contribution in [0.5, 0.6) is 0 Å². The number of hydrogen-bond acceptors (Lipinski definition) is 3. The van der Waals surface area contributed by atoms with Crippen LogP contribution in [0.15, 0.2) is 55.3 Å². The highest BCUT2D eigenvalue weighted by atomic mass is 19.4. The monoisotopic (exact) mass is 387 g/mol. The van der Waals surface area contributed by atoms with E-state index in [0.717, 1.165) is 12.1 Å². The highest BCUT2D eigenvalue weighted by molar-refractivity contribution is 6.13. The molecule has 0 atom stereocenters. The normalized spacial score (nSPS) is 23.3. The van der Waals surface area contributed by atoms with Crippen LogP contribution in [0.2, 0.25) is 0 Å². The number of alkyl halides is 3. The van der Waals surface area contributed by atoms with Gasteiger partial charge in [-0.1, -0.05) is 6.58 Å². The number of pyridine rings is 1. The van der Waals surface area contributed by atoms with E-state index in [2.05, 4.69) is 16.9 Å². The van der Waals surface area contributed by atoms with E-state index < -0.39 is 17.2 Å². The number of nitrogens with one attached hydrogen (secondary N) is 1. The third-order valence-corrected chi connectivity index (χ3v) is 5.27. The van der Waals surface area contributed by atoms with Crippen molar-refractivity contribution >= 4 is 23.2 Å². The molecule has 0 radical (unpaired) electrons. The number of halogens is 3. The lowest BCUT2D eigenvalue weighted by molar-refractivity contribution is -0.137. The minimum Gasteiger partial charge on any atom is -0.350 e. The lowest BCUT2D eigenvalue weighted by Gasteiger charge is -2.43. The third kappa shape index (κ3) is 2.67. The largest absolute Gasteiger partial charge is 0.416 e. The van der Waals surface area contributed by atoms with Crippen molar-refractivity contribution < 1.29 is 22.8 Å². The predicted molar refractivity (Wildman–Crippen MR) is 95.9 cm³/mol. The number of hydrogen-bond donors (Lipinski definition) is 1. The summed E-state index contributed by atoms with van der Waals surface area (Å²) in [4.78, 5) is 30.6. The van der Waals surface area contributed by atoms with Crippen LogP contribution in [0.1, 0.15) is 24.1 Å². The van der Waals surface area contributed by atoms with Crippen LogP contribution in [0.25, 0.3) is 0 Å². The molecule has 1 aromatic heterocycles. The summed E-state index contributed by atoms with van der Waals surface area (Å²) in [5.74, 6) is -0.559. The fraction of sp³-hybridized carbons (Fsp3) is 0.250. The Bertz CT molecular complexity index is 963. The number of carbonyl (C=O) groups excluding carboxylic acids is 2. The van der Waals surface area contributed by atoms with Crippen LogP contribution in [0, 0.1) is 0 Å². The van der Waals surface area contributed by atoms with Gasteiger partial charge in [-0.05, 0) is 55.3 Å². The molecule has 0 unspecified atom stereocenters. The van der Waals surface area contributed by atoms with Gasteiger partial charge in [-0.25, -0.2) is 0 Å². The highest BCUT2D eigenvalue weighted by Crippen LogP contribution is 2.54. The van der Waals surface area contributed by atoms with Gasteiger partial charge in [0.15, 0.2) is 0 Å². The Morgan fingerprint density at radius 3 is 2.54 bits per heavy atom. The number of amides is 2. The molecule has 144 valence electrons. The minimum absolute atomic E-state index is 0.183. The summed E-state index contributed by atoms with van der Waals surface area (Å²) in [6.07, 6.45) is -0.931. The van der Waals surface area contributed by atoms with E-state index in [0.29, 0.717) is 29.9 Å². The molecule has 2 aromatic rings. The molecule has 0 saturated heterocycles. The average molecular weight is 387 g/mol. The summed E-state index contributed by atoms with van der Waals surface area (Å²) in [6, 6.07) is 7.70. The molecule has 4 rings (SSSR count). The van der Waals surface area contributed by atoms with Crippen LogP contribution < -0.4 is 10.2 Å². The van der Waals surface area contributed by atoms with Gasteiger partial charge < -0.3 is 5.32 Å². The molecule has 5 nitrogen and oxygen atoms in total. The van der Waals surface area contributed by atoms with E-state index in [1.54, 1.807) is 18.3 Å². The zero-order valence-corrected chi connectivity index (χ0v) is 14.7. The van der Waals surface area contributed by atoms with Crippen molar-refractivity contribution in [3.05, 3.63) is 66.5 Å². The Balaban J connectivity index is 1.67. The number of benzene rings is 1. The fourth-order valence-electron chi connectivity index (χ4n) is 3.94. The first kappa shape index (κ1) is 18.2. The smallest absolute Gasteiger partial charge is 0.350 e. The van der Waals surface area contributed by atoms with Gasteiger partial charge in [0.1, 0.15) is 0 Å². The van der Waals surface area contributed by atoms with Crippen molar-refractivity contribution in [2.75, 3.05) is 4.90 Å². The molecule has 2 aliphatic rings. The van der Waals surface area contributed by atoms with Gasteiger partial charge in [0.05, 0.1) is 22.4 Å². The number of carbonyl (C=O) groups is 2. The van der Waals surface area contributed by atoms with Gasteiger partial charge in [0.25, 0.3) is 0 Å². The molecule has 1 saturated carbocycles. The van der Waals surface area contributed by atoms with Crippen molar-refractivity contribution in [3.63, 3.8) is 0 Å². The first-order valence-corrected chi connectivity index (χ1v) is 8.66. The average Bonchev–Trinajstić information content (AvgIpc) is 2.89. The van der Waals surface area contributed by atoms with Gasteiger partial charge in [-0.3, -0.25) is 19.5 Å². The van der Waals surface area contributed by atoms with Crippen LogP contribution >= 0.6 is 0 Å². The number of rotatable bonds is 3. The van der Waals surface area contributed by atoms with Gasteiger partial charge in [-0.15, -0.1) is 0 Å². The van der Waals surface area contributed by atoms with Gasteiger partial charge in [0.2, 0.25) is 11.8 Å². The Kier molecular flexibility index (Phi) is 4.02. The first-order chi connectivity index (χ1) is 13.3. The van der Waals surface area contributed by atoms with E-state index in [-0.39, 0.29) is 17.9 Å². The molecule has 1 N–H and O–H groups in total. The molecule has 1 aliphatic carbocycles. The van der Waals surface area contributed by atoms with Gasteiger partial charge >= 0.3 is 6.18 Å². The highest BCUT2D eigenvalue weighted by Gasteiger charge is 2.60. The second kappa shape index (κ2) is 6.19. The quantitative estimate of drug-likeness (QED) is 0.821. The molecule has 0 bridgehead atoms. The van der Waals surface area contributed by atoms with Crippen molar-refractivity contribution in [1.29, 1.82) is 0 Å². The summed E-state index contributed by atoms with van der Waals surface area (Å²) in [6.45, 7) is 3.41. The zero-order chi connectivity index (χ0) is 20.1. The molecule has 8 heteroatoms. The van der Waals surface area contributed by atoms with E-state index in [1.807, 2.05) is 0 Å². The van der Waals surface area contributed by atoms with Crippen LogP contribution in [0.3, 0.4) is 0 Å². The number of anilines is 2. The zero-order valence-electron chi connectivity index (χ0n) is 14.7. The Hall–Kier alpha value is -3.16. The van der Waals surface area contributed by atoms with Gasteiger partial charge in [0, 0.05) is 17.9 Å². The number of aromatic nitrogens is 1. The second-order valence-corrected chi connectivity index (χ2v) is 6.96. The van der Waals surface area contributed by atoms with Crippen molar-refractivity contribution in [3.8, 4) is 0 Å². The van der Waals surface area contributed by atoms with Gasteiger partial charge in [-0.2, -0.15) is 13.2 Å². The molecule has 1 aromatic carbocycles. The fourth-order valence-corrected chi connectivity index (χ4v) is 3.94. The van der Waals surface area contributed by atoms with E-state index in [4.69, 9.17) is 0 Å². The third-order valence-electron chi connectivity index (χ3n) is 5.27. The predicted octanol–water partition coefficient (Wildman–Crippen LogP) is 3.48. The van der Waals surface area contributed by atoms with Crippen LogP contribution in [0.4, 0.5) is 24.5 Å². The van der Waals surface area contributed by atoms with Crippen molar-refractivity contribution in [2.45, 2.75) is 30.5 Å². The maximum absolute atomic E-state index is 13.3. The maximum atomic E-state index is 13.3. The van der Waals surface area contributed by atoms with Crippen LogP contribution in [-0.2, 0) is 21.2 Å². The lowest BCUT2D eigenvalue weighted by atomic mass is 9.63. The standard InChI is InChI=1S/C20H16F3N3O2/c1-2-16(27)25-13-10-19(11-13)17-15(4-3-9-24-17)26(18(19)28)14-7-5-12(6-8-14)20(21,22)23/h2-9,13H,1,10-11H2,(H,25,27). The number of nitrogens with zero attached hydrogens (tertiary/aromatic N) is 2. The van der Waals surface area contributed by atoms with Crippen molar-refractivity contribution in [2.24, 2.45) is 0 Å². The molecule has 1 spiro atoms. The van der Waals surface area contributed by atoms with Crippen molar-refractivity contribution in [1.82, 2.24) is 10.3 Å². The molecule has 2 amide bonds. The molecule has 2 heterocycles. The summed E-state index contributed by atoms with van der Waals surface area (Å²) in [7, 11) is 0. The second-order valence-electron chi connectivity index (χ2n) is 6.96. The summed E-state index contributed by atoms with van der Waals surface area (Å²) < 4.78 is 38.5. The molecular formula is C20H16F3N3O2. The van der Waals surface area contributed by atoms with Crippen LogP contribution in [-0.4, -0.2) is 22.8 Å². The minimum atomic E-state index is -4.45. The lowest BCUT2D eigenvalue weighted by Crippen LogP contribution is -2.57. The molecule has 1 aliphatic heterocycles. The summed E-state index contributed by atoms with van der Waals surface area (Å²) >= 11 is 0. The summed E-state index contributed by atoms with van der Waals surface area (Å²) in [5, 5.41) is 2.77. The Morgan fingerprint density at radius 1 is 1.25 bits per heavy atom. The maximum Gasteiger partial charge on any atom is 0.416 e. The molecule has 28 heavy (non-hydrogen) atoms. The Labute approximate surface area is 158 Å². The first-order valence-electron chi connectivity index (χ1n) is 8.66. The van der Waals surface area contributed by atoms with E-state index >= 15 is 0 Å². The molecule has 1 fully saturated rings. The topological polar surface area (TPSA) is 62.3 Å². The number of fused-ring (bicyclic) bond motifs is 2. The summed E-state index contributed by atoms with van der Waals surface area (Å²) in [5.41, 5.74) is -0.161. The Morgan fingerprint density at radius 2 is 1.93 bits per heavy atom. The SMILES string of the molecule is C=CC(=O)NC1CC2(C1)C(=O)N(c1ccc(C(F)(F)F)cc1)c1cccnc12.